The summed E-state index contributed by atoms with van der Waals surface area (Å²) in [5.41, 5.74) is 0.357. The van der Waals surface area contributed by atoms with Crippen molar-refractivity contribution in [3.63, 3.8) is 0 Å². The molecule has 1 heterocycles. The minimum atomic E-state index is -0.166. The summed E-state index contributed by atoms with van der Waals surface area (Å²) < 4.78 is 0. The van der Waals surface area contributed by atoms with E-state index in [1.807, 2.05) is 6.92 Å². The number of aromatic nitrogens is 2. The molecule has 0 fully saturated rings. The van der Waals surface area contributed by atoms with E-state index in [0.29, 0.717) is 24.0 Å². The molecule has 1 aromatic rings. The van der Waals surface area contributed by atoms with Crippen molar-refractivity contribution in [1.82, 2.24) is 15.5 Å². The Labute approximate surface area is 102 Å². The molecule has 0 aromatic carbocycles. The first-order valence-corrected chi connectivity index (χ1v) is 5.99. The summed E-state index contributed by atoms with van der Waals surface area (Å²) in [6.07, 6.45) is 0.967. The van der Waals surface area contributed by atoms with Gasteiger partial charge >= 0.3 is 0 Å². The first kappa shape index (κ1) is 13.4. The van der Waals surface area contributed by atoms with E-state index in [-0.39, 0.29) is 5.91 Å². The molecule has 0 bridgehead atoms. The van der Waals surface area contributed by atoms with Crippen molar-refractivity contribution in [2.75, 3.05) is 18.4 Å². The van der Waals surface area contributed by atoms with E-state index in [0.717, 1.165) is 13.0 Å². The number of hydrogen-bond acceptors (Lipinski definition) is 4. The summed E-state index contributed by atoms with van der Waals surface area (Å²) in [5, 5.41) is 13.6. The van der Waals surface area contributed by atoms with Crippen LogP contribution in [0.15, 0.2) is 12.1 Å². The molecule has 0 unspecified atom stereocenters. The molecule has 0 aliphatic heterocycles. The third kappa shape index (κ3) is 4.80. The first-order chi connectivity index (χ1) is 8.13. The fourth-order valence-corrected chi connectivity index (χ4v) is 1.29. The summed E-state index contributed by atoms with van der Waals surface area (Å²) in [6.45, 7) is 7.68. The van der Waals surface area contributed by atoms with Crippen molar-refractivity contribution < 1.29 is 4.79 Å². The molecule has 5 heteroatoms. The zero-order valence-electron chi connectivity index (χ0n) is 10.7. The second-order valence-corrected chi connectivity index (χ2v) is 4.27. The maximum absolute atomic E-state index is 11.7. The Bertz CT molecular complexity index is 348. The monoisotopic (exact) mass is 236 g/mol. The van der Waals surface area contributed by atoms with E-state index in [2.05, 4.69) is 34.7 Å². The highest BCUT2D eigenvalue weighted by molar-refractivity contribution is 5.92. The fourth-order valence-electron chi connectivity index (χ4n) is 1.29. The number of anilines is 1. The van der Waals surface area contributed by atoms with Gasteiger partial charge in [-0.15, -0.1) is 10.2 Å². The lowest BCUT2D eigenvalue weighted by Gasteiger charge is -2.06. The SMILES string of the molecule is CCNc1ccc(C(=O)NCCC(C)C)nn1. The van der Waals surface area contributed by atoms with Gasteiger partial charge in [-0.2, -0.15) is 0 Å². The van der Waals surface area contributed by atoms with Crippen LogP contribution in [0.3, 0.4) is 0 Å². The van der Waals surface area contributed by atoms with Gasteiger partial charge in [0, 0.05) is 13.1 Å². The molecule has 1 aromatic heterocycles. The van der Waals surface area contributed by atoms with Crippen molar-refractivity contribution in [2.24, 2.45) is 5.92 Å². The Hall–Kier alpha value is -1.65. The van der Waals surface area contributed by atoms with Crippen LogP contribution in [0.5, 0.6) is 0 Å². The van der Waals surface area contributed by atoms with E-state index in [4.69, 9.17) is 0 Å². The Morgan fingerprint density at radius 1 is 1.35 bits per heavy atom. The Morgan fingerprint density at radius 3 is 2.65 bits per heavy atom. The van der Waals surface area contributed by atoms with Crippen LogP contribution < -0.4 is 10.6 Å². The molecule has 0 aliphatic rings. The molecule has 1 amide bonds. The molecule has 0 atom stereocenters. The highest BCUT2D eigenvalue weighted by Gasteiger charge is 2.07. The van der Waals surface area contributed by atoms with Gasteiger partial charge in [-0.3, -0.25) is 4.79 Å². The van der Waals surface area contributed by atoms with E-state index >= 15 is 0 Å². The summed E-state index contributed by atoms with van der Waals surface area (Å²) in [6, 6.07) is 3.43. The van der Waals surface area contributed by atoms with Crippen molar-refractivity contribution >= 4 is 11.7 Å². The number of rotatable bonds is 6. The predicted octanol–water partition coefficient (Wildman–Crippen LogP) is 1.68. The van der Waals surface area contributed by atoms with Crippen LogP contribution in [0.4, 0.5) is 5.82 Å². The molecule has 0 radical (unpaired) electrons. The topological polar surface area (TPSA) is 66.9 Å². The lowest BCUT2D eigenvalue weighted by molar-refractivity contribution is 0.0946. The molecule has 94 valence electrons. The summed E-state index contributed by atoms with van der Waals surface area (Å²) >= 11 is 0. The molecule has 17 heavy (non-hydrogen) atoms. The molecule has 5 nitrogen and oxygen atoms in total. The molecular weight excluding hydrogens is 216 g/mol. The largest absolute Gasteiger partial charge is 0.369 e. The molecule has 0 aliphatic carbocycles. The molecule has 0 saturated heterocycles. The molecule has 0 saturated carbocycles. The molecular formula is C12H20N4O. The zero-order chi connectivity index (χ0) is 12.7. The third-order valence-electron chi connectivity index (χ3n) is 2.26. The lowest BCUT2D eigenvalue weighted by atomic mass is 10.1. The summed E-state index contributed by atoms with van der Waals surface area (Å²) in [7, 11) is 0. The number of carbonyl (C=O) groups excluding carboxylic acids is 1. The minimum absolute atomic E-state index is 0.166. The first-order valence-electron chi connectivity index (χ1n) is 5.99. The van der Waals surface area contributed by atoms with Crippen LogP contribution in [-0.2, 0) is 0 Å². The number of hydrogen-bond donors (Lipinski definition) is 2. The summed E-state index contributed by atoms with van der Waals surface area (Å²) in [5.74, 6) is 1.10. The van der Waals surface area contributed by atoms with Crippen LogP contribution in [0.25, 0.3) is 0 Å². The van der Waals surface area contributed by atoms with Gasteiger partial charge in [-0.05, 0) is 31.4 Å². The van der Waals surface area contributed by atoms with Gasteiger partial charge in [0.1, 0.15) is 5.82 Å². The molecule has 2 N–H and O–H groups in total. The second kappa shape index (κ2) is 6.83. The van der Waals surface area contributed by atoms with Gasteiger partial charge in [0.2, 0.25) is 0 Å². The average molecular weight is 236 g/mol. The Balaban J connectivity index is 2.46. The Kier molecular flexibility index (Phi) is 5.39. The summed E-state index contributed by atoms with van der Waals surface area (Å²) in [4.78, 5) is 11.7. The Morgan fingerprint density at radius 2 is 2.12 bits per heavy atom. The van der Waals surface area contributed by atoms with Crippen molar-refractivity contribution in [2.45, 2.75) is 27.2 Å². The minimum Gasteiger partial charge on any atom is -0.369 e. The maximum Gasteiger partial charge on any atom is 0.271 e. The van der Waals surface area contributed by atoms with Gasteiger partial charge in [0.15, 0.2) is 5.69 Å². The number of carbonyl (C=O) groups is 1. The van der Waals surface area contributed by atoms with Crippen molar-refractivity contribution in [3.05, 3.63) is 17.8 Å². The number of nitrogens with zero attached hydrogens (tertiary/aromatic N) is 2. The quantitative estimate of drug-likeness (QED) is 0.788. The van der Waals surface area contributed by atoms with E-state index < -0.39 is 0 Å². The smallest absolute Gasteiger partial charge is 0.271 e. The fraction of sp³-hybridized carbons (Fsp3) is 0.583. The van der Waals surface area contributed by atoms with Crippen molar-refractivity contribution in [3.8, 4) is 0 Å². The van der Waals surface area contributed by atoms with Gasteiger partial charge < -0.3 is 10.6 Å². The van der Waals surface area contributed by atoms with Crippen LogP contribution in [0.2, 0.25) is 0 Å². The zero-order valence-corrected chi connectivity index (χ0v) is 10.7. The second-order valence-electron chi connectivity index (χ2n) is 4.27. The van der Waals surface area contributed by atoms with Gasteiger partial charge in [-0.25, -0.2) is 0 Å². The van der Waals surface area contributed by atoms with Gasteiger partial charge in [0.05, 0.1) is 0 Å². The highest BCUT2D eigenvalue weighted by atomic mass is 16.1. The molecule has 1 rings (SSSR count). The third-order valence-corrected chi connectivity index (χ3v) is 2.26. The maximum atomic E-state index is 11.7. The lowest BCUT2D eigenvalue weighted by Crippen LogP contribution is -2.26. The van der Waals surface area contributed by atoms with E-state index in [1.54, 1.807) is 12.1 Å². The average Bonchev–Trinajstić information content (AvgIpc) is 2.30. The van der Waals surface area contributed by atoms with E-state index in [1.165, 1.54) is 0 Å². The van der Waals surface area contributed by atoms with Crippen LogP contribution >= 0.6 is 0 Å². The van der Waals surface area contributed by atoms with Crippen LogP contribution in [0.1, 0.15) is 37.7 Å². The number of nitrogens with one attached hydrogen (secondary N) is 2. The van der Waals surface area contributed by atoms with Crippen molar-refractivity contribution in [1.29, 1.82) is 0 Å². The normalized spacial score (nSPS) is 10.4. The number of amides is 1. The standard InChI is InChI=1S/C12H20N4O/c1-4-13-11-6-5-10(15-16-11)12(17)14-8-7-9(2)3/h5-6,9H,4,7-8H2,1-3H3,(H,13,16)(H,14,17). The van der Waals surface area contributed by atoms with Gasteiger partial charge in [-0.1, -0.05) is 13.8 Å². The van der Waals surface area contributed by atoms with Gasteiger partial charge in [0.25, 0.3) is 5.91 Å². The van der Waals surface area contributed by atoms with E-state index in [9.17, 15) is 4.79 Å². The molecule has 0 spiro atoms. The van der Waals surface area contributed by atoms with Crippen LogP contribution in [0, 0.1) is 5.92 Å². The predicted molar refractivity (Wildman–Crippen MR) is 68.0 cm³/mol. The highest BCUT2D eigenvalue weighted by Crippen LogP contribution is 2.02. The van der Waals surface area contributed by atoms with Crippen LogP contribution in [-0.4, -0.2) is 29.2 Å².